The number of H-pyrrole nitrogens is 1. The molecule has 2 aromatic rings. The van der Waals surface area contributed by atoms with E-state index in [0.717, 1.165) is 5.52 Å². The summed E-state index contributed by atoms with van der Waals surface area (Å²) in [5.74, 6) is -0.809. The van der Waals surface area contributed by atoms with Gasteiger partial charge in [-0.15, -0.1) is 0 Å². The number of para-hydroxylation sites is 1. The normalized spacial score (nSPS) is 11.2. The molecule has 0 atom stereocenters. The van der Waals surface area contributed by atoms with Crippen molar-refractivity contribution in [1.82, 2.24) is 15.1 Å². The molecule has 0 aliphatic rings. The van der Waals surface area contributed by atoms with E-state index in [0.29, 0.717) is 5.39 Å². The van der Waals surface area contributed by atoms with Gasteiger partial charge in [0.05, 0.1) is 5.52 Å². The molecule has 22 heavy (non-hydrogen) atoms. The minimum absolute atomic E-state index is 0.0532. The Kier molecular flexibility index (Phi) is 4.80. The van der Waals surface area contributed by atoms with Gasteiger partial charge < -0.3 is 9.64 Å². The number of nitrogens with one attached hydrogen (secondary N) is 1. The fraction of sp³-hybridized carbons (Fsp3) is 0.438. The average Bonchev–Trinajstić information content (AvgIpc) is 2.88. The summed E-state index contributed by atoms with van der Waals surface area (Å²) in [5.41, 5.74) is 0.954. The van der Waals surface area contributed by atoms with Crippen LogP contribution in [0.1, 0.15) is 38.2 Å². The molecule has 6 nitrogen and oxygen atoms in total. The van der Waals surface area contributed by atoms with Crippen LogP contribution in [0.15, 0.2) is 24.3 Å². The van der Waals surface area contributed by atoms with Crippen LogP contribution in [-0.2, 0) is 9.53 Å². The van der Waals surface area contributed by atoms with Gasteiger partial charge in [-0.1, -0.05) is 18.2 Å². The fourth-order valence-corrected chi connectivity index (χ4v) is 2.56. The molecule has 0 saturated carbocycles. The van der Waals surface area contributed by atoms with Crippen LogP contribution in [-0.4, -0.2) is 45.7 Å². The Balaban J connectivity index is 2.05. The molecule has 0 bridgehead atoms. The highest BCUT2D eigenvalue weighted by atomic mass is 16.5. The molecule has 1 N–H and O–H groups in total. The summed E-state index contributed by atoms with van der Waals surface area (Å²) >= 11 is 0. The van der Waals surface area contributed by atoms with E-state index in [-0.39, 0.29) is 30.3 Å². The van der Waals surface area contributed by atoms with Crippen molar-refractivity contribution in [2.45, 2.75) is 39.8 Å². The first-order valence-electron chi connectivity index (χ1n) is 7.33. The number of ether oxygens (including phenoxy) is 1. The zero-order chi connectivity index (χ0) is 16.3. The molecule has 0 spiro atoms. The smallest absolute Gasteiger partial charge is 0.359 e. The number of benzene rings is 1. The largest absolute Gasteiger partial charge is 0.451 e. The van der Waals surface area contributed by atoms with Crippen LogP contribution in [0, 0.1) is 0 Å². The summed E-state index contributed by atoms with van der Waals surface area (Å²) in [7, 11) is 0. The zero-order valence-electron chi connectivity index (χ0n) is 13.3. The van der Waals surface area contributed by atoms with Crippen LogP contribution < -0.4 is 0 Å². The molecular formula is C16H21N3O3. The maximum absolute atomic E-state index is 12.2. The number of aromatic nitrogens is 2. The number of aromatic amines is 1. The predicted octanol–water partition coefficient (Wildman–Crippen LogP) is 2.37. The molecule has 0 aliphatic carbocycles. The Bertz CT molecular complexity index is 668. The van der Waals surface area contributed by atoms with E-state index in [2.05, 4.69) is 10.2 Å². The molecule has 2 rings (SSSR count). The van der Waals surface area contributed by atoms with Crippen molar-refractivity contribution in [2.24, 2.45) is 0 Å². The second kappa shape index (κ2) is 6.60. The Morgan fingerprint density at radius 3 is 2.45 bits per heavy atom. The van der Waals surface area contributed by atoms with Crippen molar-refractivity contribution in [2.75, 3.05) is 6.61 Å². The lowest BCUT2D eigenvalue weighted by atomic mass is 10.2. The molecule has 118 valence electrons. The number of hydrogen-bond donors (Lipinski definition) is 1. The summed E-state index contributed by atoms with van der Waals surface area (Å²) in [6, 6.07) is 7.38. The maximum atomic E-state index is 12.2. The molecule has 1 aromatic carbocycles. The Hall–Kier alpha value is -2.37. The summed E-state index contributed by atoms with van der Waals surface area (Å²) in [5, 5.41) is 7.42. The van der Waals surface area contributed by atoms with Crippen molar-refractivity contribution in [3.8, 4) is 0 Å². The number of hydrogen-bond acceptors (Lipinski definition) is 4. The van der Waals surface area contributed by atoms with Crippen molar-refractivity contribution in [3.63, 3.8) is 0 Å². The Morgan fingerprint density at radius 2 is 1.82 bits per heavy atom. The molecule has 0 saturated heterocycles. The highest BCUT2D eigenvalue weighted by Gasteiger charge is 2.22. The first kappa shape index (κ1) is 16.0. The van der Waals surface area contributed by atoms with Gasteiger partial charge in [-0.25, -0.2) is 4.79 Å². The lowest BCUT2D eigenvalue weighted by Gasteiger charge is -2.30. The molecule has 1 aromatic heterocycles. The summed E-state index contributed by atoms with van der Waals surface area (Å²) in [4.78, 5) is 26.0. The van der Waals surface area contributed by atoms with Crippen LogP contribution >= 0.6 is 0 Å². The number of amides is 1. The molecule has 0 fully saturated rings. The lowest BCUT2D eigenvalue weighted by Crippen LogP contribution is -2.44. The van der Waals surface area contributed by atoms with Crippen LogP contribution in [0.3, 0.4) is 0 Å². The van der Waals surface area contributed by atoms with Crippen LogP contribution in [0.2, 0.25) is 0 Å². The molecule has 6 heteroatoms. The number of fused-ring (bicyclic) bond motifs is 1. The van der Waals surface area contributed by atoms with Crippen molar-refractivity contribution in [3.05, 3.63) is 30.0 Å². The van der Waals surface area contributed by atoms with Gasteiger partial charge in [0.25, 0.3) is 5.91 Å². The van der Waals surface area contributed by atoms with Crippen LogP contribution in [0.4, 0.5) is 0 Å². The second-order valence-electron chi connectivity index (χ2n) is 5.68. The first-order valence-corrected chi connectivity index (χ1v) is 7.33. The van der Waals surface area contributed by atoms with Crippen molar-refractivity contribution < 1.29 is 14.3 Å². The van der Waals surface area contributed by atoms with Crippen molar-refractivity contribution >= 4 is 22.8 Å². The Labute approximate surface area is 129 Å². The van der Waals surface area contributed by atoms with Gasteiger partial charge in [0, 0.05) is 17.5 Å². The quantitative estimate of drug-likeness (QED) is 0.860. The highest BCUT2D eigenvalue weighted by molar-refractivity contribution is 6.02. The second-order valence-corrected chi connectivity index (χ2v) is 5.68. The molecule has 0 aliphatic heterocycles. The van der Waals surface area contributed by atoms with Gasteiger partial charge in [0.2, 0.25) is 0 Å². The number of rotatable bonds is 5. The van der Waals surface area contributed by atoms with E-state index in [1.54, 1.807) is 11.0 Å². The Morgan fingerprint density at radius 1 is 1.18 bits per heavy atom. The minimum Gasteiger partial charge on any atom is -0.451 e. The molecule has 1 heterocycles. The summed E-state index contributed by atoms with van der Waals surface area (Å²) < 4.78 is 5.12. The molecule has 0 radical (unpaired) electrons. The van der Waals surface area contributed by atoms with Gasteiger partial charge in [0.15, 0.2) is 12.3 Å². The molecular weight excluding hydrogens is 282 g/mol. The van der Waals surface area contributed by atoms with Gasteiger partial charge in [-0.05, 0) is 33.8 Å². The van der Waals surface area contributed by atoms with Gasteiger partial charge in [-0.3, -0.25) is 9.89 Å². The third-order valence-electron chi connectivity index (χ3n) is 3.39. The third kappa shape index (κ3) is 3.27. The zero-order valence-corrected chi connectivity index (χ0v) is 13.3. The monoisotopic (exact) mass is 303 g/mol. The minimum atomic E-state index is -0.599. The predicted molar refractivity (Wildman–Crippen MR) is 83.5 cm³/mol. The summed E-state index contributed by atoms with van der Waals surface area (Å²) in [6.07, 6.45) is 0. The fourth-order valence-electron chi connectivity index (χ4n) is 2.56. The van der Waals surface area contributed by atoms with Gasteiger partial charge in [0.1, 0.15) is 0 Å². The van der Waals surface area contributed by atoms with E-state index in [9.17, 15) is 9.59 Å². The number of carbonyl (C=O) groups excluding carboxylic acids is 2. The SMILES string of the molecule is CC(C)N(C(=O)COC(=O)c1n[nH]c2ccccc12)C(C)C. The first-order chi connectivity index (χ1) is 10.4. The molecule has 0 unspecified atom stereocenters. The van der Waals surface area contributed by atoms with E-state index in [1.807, 2.05) is 45.9 Å². The van der Waals surface area contributed by atoms with Crippen molar-refractivity contribution in [1.29, 1.82) is 0 Å². The highest BCUT2D eigenvalue weighted by Crippen LogP contribution is 2.16. The average molecular weight is 303 g/mol. The summed E-state index contributed by atoms with van der Waals surface area (Å²) in [6.45, 7) is 7.44. The maximum Gasteiger partial charge on any atom is 0.359 e. The van der Waals surface area contributed by atoms with Crippen LogP contribution in [0.25, 0.3) is 10.9 Å². The van der Waals surface area contributed by atoms with E-state index in [4.69, 9.17) is 4.74 Å². The van der Waals surface area contributed by atoms with Gasteiger partial charge in [-0.2, -0.15) is 5.10 Å². The van der Waals surface area contributed by atoms with E-state index in [1.165, 1.54) is 0 Å². The van der Waals surface area contributed by atoms with Crippen LogP contribution in [0.5, 0.6) is 0 Å². The number of esters is 1. The number of nitrogens with zero attached hydrogens (tertiary/aromatic N) is 2. The third-order valence-corrected chi connectivity index (χ3v) is 3.39. The molecule has 1 amide bonds. The lowest BCUT2D eigenvalue weighted by molar-refractivity contribution is -0.138. The van der Waals surface area contributed by atoms with Gasteiger partial charge >= 0.3 is 5.97 Å². The number of carbonyl (C=O) groups is 2. The standard InChI is InChI=1S/C16H21N3O3/c1-10(2)19(11(3)4)14(20)9-22-16(21)15-12-7-5-6-8-13(12)17-18-15/h5-8,10-11H,9H2,1-4H3,(H,17,18). The van der Waals surface area contributed by atoms with E-state index >= 15 is 0 Å². The topological polar surface area (TPSA) is 75.3 Å². The van der Waals surface area contributed by atoms with E-state index < -0.39 is 5.97 Å².